The SMILES string of the molecule is COC(=O)C(c1ccc(OC)nc1)N(C)[C@H]1CCN(CCCCCc2ccc3c(n2)N(C(=O)O)CCC3)C1. The van der Waals surface area contributed by atoms with Crippen molar-refractivity contribution in [3.63, 3.8) is 0 Å². The zero-order valence-electron chi connectivity index (χ0n) is 22.6. The van der Waals surface area contributed by atoms with Gasteiger partial charge in [0.05, 0.1) is 14.2 Å². The molecule has 2 aromatic rings. The molecular formula is C28H39N5O5. The van der Waals surface area contributed by atoms with E-state index in [-0.39, 0.29) is 12.0 Å². The number of esters is 1. The first-order valence-corrected chi connectivity index (χ1v) is 13.4. The Morgan fingerprint density at radius 3 is 2.71 bits per heavy atom. The van der Waals surface area contributed by atoms with Crippen molar-refractivity contribution in [2.45, 2.75) is 57.0 Å². The van der Waals surface area contributed by atoms with E-state index < -0.39 is 12.1 Å². The van der Waals surface area contributed by atoms with E-state index in [9.17, 15) is 14.7 Å². The maximum atomic E-state index is 12.7. The highest BCUT2D eigenvalue weighted by Gasteiger charge is 2.34. The summed E-state index contributed by atoms with van der Waals surface area (Å²) in [6, 6.07) is 7.45. The van der Waals surface area contributed by atoms with Crippen molar-refractivity contribution >= 4 is 17.9 Å². The molecule has 0 saturated carbocycles. The van der Waals surface area contributed by atoms with Crippen LogP contribution in [-0.4, -0.2) is 90.4 Å². The number of anilines is 1. The van der Waals surface area contributed by atoms with Gasteiger partial charge < -0.3 is 19.5 Å². The highest BCUT2D eigenvalue weighted by Crippen LogP contribution is 2.28. The van der Waals surface area contributed by atoms with Crippen molar-refractivity contribution in [3.8, 4) is 5.88 Å². The number of rotatable bonds is 11. The standard InChI is InChI=1S/C28H39N5O5/c1-31(25(27(34)38-3)21-11-13-24(37-2)29-18-21)23-14-17-32(19-23)15-6-4-5-9-22-12-10-20-8-7-16-33(28(35)36)26(20)30-22/h10-13,18,23,25H,4-9,14-17,19H2,1-3H3,(H,35,36)/t23-,25?/m0/s1. The summed E-state index contributed by atoms with van der Waals surface area (Å²) < 4.78 is 10.3. The molecule has 0 spiro atoms. The lowest BCUT2D eigenvalue weighted by Crippen LogP contribution is -2.41. The van der Waals surface area contributed by atoms with E-state index in [0.29, 0.717) is 18.2 Å². The minimum Gasteiger partial charge on any atom is -0.481 e. The molecule has 1 amide bonds. The number of carboxylic acid groups (broad SMARTS) is 1. The lowest BCUT2D eigenvalue weighted by Gasteiger charge is -2.31. The molecule has 1 unspecified atom stereocenters. The number of hydrogen-bond acceptors (Lipinski definition) is 8. The fraction of sp³-hybridized carbons (Fsp3) is 0.571. The number of pyridine rings is 2. The van der Waals surface area contributed by atoms with Crippen molar-refractivity contribution < 1.29 is 24.2 Å². The molecule has 2 aliphatic rings. The van der Waals surface area contributed by atoms with Crippen LogP contribution in [0.3, 0.4) is 0 Å². The van der Waals surface area contributed by atoms with Crippen LogP contribution in [0.5, 0.6) is 5.88 Å². The maximum Gasteiger partial charge on any atom is 0.413 e. The second-order valence-corrected chi connectivity index (χ2v) is 10.1. The van der Waals surface area contributed by atoms with E-state index in [1.54, 1.807) is 19.4 Å². The number of unbranched alkanes of at least 4 members (excludes halogenated alkanes) is 2. The molecule has 0 radical (unpaired) electrons. The normalized spacial score (nSPS) is 18.3. The van der Waals surface area contributed by atoms with Gasteiger partial charge in [0, 0.05) is 37.1 Å². The van der Waals surface area contributed by atoms with Crippen LogP contribution in [0.25, 0.3) is 0 Å². The van der Waals surface area contributed by atoms with E-state index in [0.717, 1.165) is 81.4 Å². The van der Waals surface area contributed by atoms with E-state index in [1.807, 2.05) is 25.2 Å². The Bertz CT molecular complexity index is 1100. The van der Waals surface area contributed by atoms with Gasteiger partial charge in [-0.25, -0.2) is 19.6 Å². The summed E-state index contributed by atoms with van der Waals surface area (Å²) in [5, 5.41) is 9.47. The zero-order chi connectivity index (χ0) is 27.1. The van der Waals surface area contributed by atoms with E-state index >= 15 is 0 Å². The molecule has 10 heteroatoms. The first-order chi connectivity index (χ1) is 18.4. The van der Waals surface area contributed by atoms with Crippen molar-refractivity contribution in [1.82, 2.24) is 19.8 Å². The predicted octanol–water partition coefficient (Wildman–Crippen LogP) is 3.55. The highest BCUT2D eigenvalue weighted by molar-refractivity contribution is 5.86. The number of likely N-dealkylation sites (N-methyl/N-ethyl adjacent to an activating group) is 1. The van der Waals surface area contributed by atoms with Gasteiger partial charge in [-0.1, -0.05) is 12.5 Å². The average molecular weight is 526 g/mol. The molecule has 38 heavy (non-hydrogen) atoms. The van der Waals surface area contributed by atoms with E-state index in [2.05, 4.69) is 19.8 Å². The zero-order valence-corrected chi connectivity index (χ0v) is 22.6. The van der Waals surface area contributed by atoms with Crippen LogP contribution in [0.2, 0.25) is 0 Å². The number of carbonyl (C=O) groups is 2. The molecular weight excluding hydrogens is 486 g/mol. The number of aryl methyl sites for hydroxylation is 2. The number of fused-ring (bicyclic) bond motifs is 1. The van der Waals surface area contributed by atoms with Crippen LogP contribution in [-0.2, 0) is 22.4 Å². The molecule has 4 rings (SSSR count). The van der Waals surface area contributed by atoms with Gasteiger partial charge in [0.25, 0.3) is 0 Å². The van der Waals surface area contributed by atoms with Crippen molar-refractivity contribution in [2.24, 2.45) is 0 Å². The Kier molecular flexibility index (Phi) is 9.52. The Hall–Kier alpha value is -3.24. The third kappa shape index (κ3) is 6.60. The smallest absolute Gasteiger partial charge is 0.413 e. The van der Waals surface area contributed by atoms with Gasteiger partial charge in [-0.05, 0) is 81.9 Å². The summed E-state index contributed by atoms with van der Waals surface area (Å²) in [5.41, 5.74) is 2.77. The van der Waals surface area contributed by atoms with Gasteiger partial charge in [0.1, 0.15) is 11.9 Å². The first-order valence-electron chi connectivity index (χ1n) is 13.4. The monoisotopic (exact) mass is 525 g/mol. The molecule has 1 N–H and O–H groups in total. The van der Waals surface area contributed by atoms with Gasteiger partial charge in [0.2, 0.25) is 5.88 Å². The van der Waals surface area contributed by atoms with Crippen LogP contribution in [0.1, 0.15) is 55.0 Å². The fourth-order valence-corrected chi connectivity index (χ4v) is 5.50. The number of methoxy groups -OCH3 is 2. The molecule has 0 aromatic carbocycles. The van der Waals surface area contributed by atoms with Crippen LogP contribution >= 0.6 is 0 Å². The van der Waals surface area contributed by atoms with Gasteiger partial charge in [0.15, 0.2) is 0 Å². The third-order valence-corrected chi connectivity index (χ3v) is 7.67. The predicted molar refractivity (Wildman–Crippen MR) is 144 cm³/mol. The Labute approximate surface area is 224 Å². The molecule has 0 bridgehead atoms. The molecule has 2 aliphatic heterocycles. The molecule has 0 aliphatic carbocycles. The number of aromatic nitrogens is 2. The lowest BCUT2D eigenvalue weighted by atomic mass is 10.0. The Balaban J connectivity index is 1.23. The quantitative estimate of drug-likeness (QED) is 0.348. The highest BCUT2D eigenvalue weighted by atomic mass is 16.5. The lowest BCUT2D eigenvalue weighted by molar-refractivity contribution is -0.147. The van der Waals surface area contributed by atoms with Gasteiger partial charge in [-0.15, -0.1) is 0 Å². The molecule has 206 valence electrons. The van der Waals surface area contributed by atoms with Crippen molar-refractivity contribution in [1.29, 1.82) is 0 Å². The summed E-state index contributed by atoms with van der Waals surface area (Å²) in [6.45, 7) is 3.44. The number of amides is 1. The fourth-order valence-electron chi connectivity index (χ4n) is 5.50. The van der Waals surface area contributed by atoms with Crippen LogP contribution in [0.4, 0.5) is 10.6 Å². The van der Waals surface area contributed by atoms with Crippen LogP contribution in [0, 0.1) is 0 Å². The van der Waals surface area contributed by atoms with Gasteiger partial charge in [-0.3, -0.25) is 9.80 Å². The number of hydrogen-bond donors (Lipinski definition) is 1. The maximum absolute atomic E-state index is 12.7. The summed E-state index contributed by atoms with van der Waals surface area (Å²) in [6.07, 6.45) is 7.52. The van der Waals surface area contributed by atoms with Crippen molar-refractivity contribution in [2.75, 3.05) is 52.3 Å². The topological polar surface area (TPSA) is 108 Å². The number of nitrogens with zero attached hydrogens (tertiary/aromatic N) is 5. The third-order valence-electron chi connectivity index (χ3n) is 7.67. The second-order valence-electron chi connectivity index (χ2n) is 10.1. The summed E-state index contributed by atoms with van der Waals surface area (Å²) in [4.78, 5) is 39.1. The molecule has 2 atom stereocenters. The number of carbonyl (C=O) groups excluding carboxylic acids is 1. The Morgan fingerprint density at radius 1 is 1.16 bits per heavy atom. The summed E-state index contributed by atoms with van der Waals surface area (Å²) in [5.74, 6) is 0.834. The molecule has 2 aromatic heterocycles. The minimum atomic E-state index is -0.927. The van der Waals surface area contributed by atoms with Crippen LogP contribution < -0.4 is 9.64 Å². The average Bonchev–Trinajstić information content (AvgIpc) is 3.41. The number of likely N-dealkylation sites (tertiary alicyclic amines) is 1. The summed E-state index contributed by atoms with van der Waals surface area (Å²) >= 11 is 0. The molecule has 10 nitrogen and oxygen atoms in total. The van der Waals surface area contributed by atoms with Gasteiger partial charge >= 0.3 is 12.1 Å². The molecule has 1 saturated heterocycles. The molecule has 4 heterocycles. The second kappa shape index (κ2) is 13.0. The Morgan fingerprint density at radius 2 is 2.00 bits per heavy atom. The van der Waals surface area contributed by atoms with E-state index in [1.165, 1.54) is 12.0 Å². The summed E-state index contributed by atoms with van der Waals surface area (Å²) in [7, 11) is 4.97. The molecule has 1 fully saturated rings. The number of ether oxygens (including phenoxy) is 2. The van der Waals surface area contributed by atoms with Crippen molar-refractivity contribution in [3.05, 3.63) is 47.3 Å². The van der Waals surface area contributed by atoms with Gasteiger partial charge in [-0.2, -0.15) is 0 Å². The minimum absolute atomic E-state index is 0.248. The first kappa shape index (κ1) is 27.8. The largest absolute Gasteiger partial charge is 0.481 e. The van der Waals surface area contributed by atoms with Crippen LogP contribution in [0.15, 0.2) is 30.5 Å². The van der Waals surface area contributed by atoms with E-state index in [4.69, 9.17) is 9.47 Å².